The van der Waals surface area contributed by atoms with Crippen LogP contribution in [0.2, 0.25) is 0 Å². The highest BCUT2D eigenvalue weighted by molar-refractivity contribution is 6.26. The van der Waals surface area contributed by atoms with Crippen LogP contribution in [0.5, 0.6) is 0 Å². The topological polar surface area (TPSA) is 26.3 Å². The number of alkyl halides is 2. The molecule has 0 amide bonds. The van der Waals surface area contributed by atoms with Crippen molar-refractivity contribution in [2.45, 2.75) is 38.0 Å². The molecule has 1 unspecified atom stereocenters. The zero-order valence-electron chi connectivity index (χ0n) is 7.89. The van der Waals surface area contributed by atoms with Crippen LogP contribution in [0.1, 0.15) is 32.6 Å². The fraction of sp³-hybridized carbons (Fsp3) is 0.889. The summed E-state index contributed by atoms with van der Waals surface area (Å²) in [6, 6.07) is 0. The number of carbonyl (C=O) groups excluding carboxylic acids is 1. The molecule has 2 nitrogen and oxygen atoms in total. The van der Waals surface area contributed by atoms with E-state index in [4.69, 9.17) is 27.9 Å². The SMILES string of the molecule is CCCCCC(Cl)COC(=O)CCl. The predicted octanol–water partition coefficient (Wildman–Crippen LogP) is 2.96. The zero-order chi connectivity index (χ0) is 10.1. The highest BCUT2D eigenvalue weighted by atomic mass is 35.5. The van der Waals surface area contributed by atoms with Gasteiger partial charge in [-0.15, -0.1) is 23.2 Å². The molecule has 0 bridgehead atoms. The maximum absolute atomic E-state index is 10.6. The number of ether oxygens (including phenoxy) is 1. The van der Waals surface area contributed by atoms with Crippen LogP contribution in [0.25, 0.3) is 0 Å². The molecule has 0 aliphatic carbocycles. The first-order valence-electron chi connectivity index (χ1n) is 4.56. The van der Waals surface area contributed by atoms with Crippen molar-refractivity contribution < 1.29 is 9.53 Å². The average molecular weight is 227 g/mol. The third-order valence-electron chi connectivity index (χ3n) is 1.66. The predicted molar refractivity (Wildman–Crippen MR) is 55.5 cm³/mol. The van der Waals surface area contributed by atoms with Crippen molar-refractivity contribution in [1.82, 2.24) is 0 Å². The second-order valence-electron chi connectivity index (χ2n) is 2.91. The zero-order valence-corrected chi connectivity index (χ0v) is 9.40. The second-order valence-corrected chi connectivity index (χ2v) is 3.79. The van der Waals surface area contributed by atoms with Gasteiger partial charge < -0.3 is 4.74 Å². The summed E-state index contributed by atoms with van der Waals surface area (Å²) in [7, 11) is 0. The van der Waals surface area contributed by atoms with E-state index in [2.05, 4.69) is 6.92 Å². The lowest BCUT2D eigenvalue weighted by atomic mass is 10.1. The highest BCUT2D eigenvalue weighted by Gasteiger charge is 2.07. The van der Waals surface area contributed by atoms with E-state index in [1.54, 1.807) is 0 Å². The van der Waals surface area contributed by atoms with Crippen LogP contribution in [-0.2, 0) is 9.53 Å². The van der Waals surface area contributed by atoms with Crippen molar-refractivity contribution in [1.29, 1.82) is 0 Å². The molecule has 0 N–H and O–H groups in total. The lowest BCUT2D eigenvalue weighted by Crippen LogP contribution is -2.14. The number of unbranched alkanes of at least 4 members (excludes halogenated alkanes) is 2. The van der Waals surface area contributed by atoms with E-state index in [9.17, 15) is 4.79 Å². The quantitative estimate of drug-likeness (QED) is 0.379. The molecule has 0 saturated carbocycles. The minimum absolute atomic E-state index is 0.0706. The van der Waals surface area contributed by atoms with Gasteiger partial charge in [-0.1, -0.05) is 26.2 Å². The van der Waals surface area contributed by atoms with Crippen molar-refractivity contribution in [3.8, 4) is 0 Å². The fourth-order valence-corrected chi connectivity index (χ4v) is 1.22. The molecule has 0 radical (unpaired) electrons. The second kappa shape index (κ2) is 8.64. The number of hydrogen-bond acceptors (Lipinski definition) is 2. The van der Waals surface area contributed by atoms with E-state index in [0.717, 1.165) is 12.8 Å². The number of esters is 1. The number of hydrogen-bond donors (Lipinski definition) is 0. The van der Waals surface area contributed by atoms with Gasteiger partial charge in [-0.3, -0.25) is 4.79 Å². The van der Waals surface area contributed by atoms with Crippen LogP contribution >= 0.6 is 23.2 Å². The molecule has 0 spiro atoms. The Hall–Kier alpha value is 0.0500. The molecule has 0 aliphatic heterocycles. The molecule has 0 rings (SSSR count). The third-order valence-corrected chi connectivity index (χ3v) is 2.22. The molecule has 4 heteroatoms. The van der Waals surface area contributed by atoms with Gasteiger partial charge in [-0.05, 0) is 6.42 Å². The van der Waals surface area contributed by atoms with Crippen LogP contribution in [0.4, 0.5) is 0 Å². The first-order valence-corrected chi connectivity index (χ1v) is 5.53. The Morgan fingerprint density at radius 3 is 2.69 bits per heavy atom. The largest absolute Gasteiger partial charge is 0.463 e. The monoisotopic (exact) mass is 226 g/mol. The Morgan fingerprint density at radius 2 is 2.15 bits per heavy atom. The smallest absolute Gasteiger partial charge is 0.320 e. The van der Waals surface area contributed by atoms with Crippen LogP contribution in [-0.4, -0.2) is 23.8 Å². The summed E-state index contributed by atoms with van der Waals surface area (Å²) in [4.78, 5) is 10.6. The molecule has 0 aromatic carbocycles. The normalized spacial score (nSPS) is 12.5. The van der Waals surface area contributed by atoms with E-state index in [1.165, 1.54) is 12.8 Å². The van der Waals surface area contributed by atoms with Crippen LogP contribution in [0.3, 0.4) is 0 Å². The van der Waals surface area contributed by atoms with Crippen molar-refractivity contribution >= 4 is 29.2 Å². The number of halogens is 2. The average Bonchev–Trinajstić information content (AvgIpc) is 2.14. The van der Waals surface area contributed by atoms with Gasteiger partial charge in [0, 0.05) is 0 Å². The van der Waals surface area contributed by atoms with E-state index in [-0.39, 0.29) is 17.9 Å². The Kier molecular flexibility index (Phi) is 8.67. The molecule has 78 valence electrons. The van der Waals surface area contributed by atoms with E-state index < -0.39 is 5.97 Å². The van der Waals surface area contributed by atoms with Crippen LogP contribution in [0, 0.1) is 0 Å². The molecule has 0 aromatic rings. The van der Waals surface area contributed by atoms with E-state index in [0.29, 0.717) is 0 Å². The molecular formula is C9H16Cl2O2. The molecule has 13 heavy (non-hydrogen) atoms. The minimum atomic E-state index is -0.400. The highest BCUT2D eigenvalue weighted by Crippen LogP contribution is 2.09. The maximum Gasteiger partial charge on any atom is 0.320 e. The Morgan fingerprint density at radius 1 is 1.46 bits per heavy atom. The van der Waals surface area contributed by atoms with Gasteiger partial charge in [0.1, 0.15) is 12.5 Å². The molecule has 0 fully saturated rings. The van der Waals surface area contributed by atoms with Crippen molar-refractivity contribution in [2.75, 3.05) is 12.5 Å². The van der Waals surface area contributed by atoms with E-state index >= 15 is 0 Å². The molecule has 1 atom stereocenters. The summed E-state index contributed by atoms with van der Waals surface area (Å²) in [6.07, 6.45) is 4.33. The Bertz CT molecular complexity index is 140. The summed E-state index contributed by atoms with van der Waals surface area (Å²) in [5.41, 5.74) is 0. The summed E-state index contributed by atoms with van der Waals surface area (Å²) < 4.78 is 4.78. The lowest BCUT2D eigenvalue weighted by molar-refractivity contribution is -0.140. The van der Waals surface area contributed by atoms with Crippen molar-refractivity contribution in [3.05, 3.63) is 0 Å². The van der Waals surface area contributed by atoms with Gasteiger partial charge in [0.25, 0.3) is 0 Å². The van der Waals surface area contributed by atoms with Crippen molar-refractivity contribution in [2.24, 2.45) is 0 Å². The summed E-state index contributed by atoms with van der Waals surface area (Å²) in [5.74, 6) is -0.499. The maximum atomic E-state index is 10.6. The summed E-state index contributed by atoms with van der Waals surface area (Å²) in [5, 5.41) is -0.0706. The van der Waals surface area contributed by atoms with Crippen LogP contribution < -0.4 is 0 Å². The lowest BCUT2D eigenvalue weighted by Gasteiger charge is -2.08. The summed E-state index contributed by atoms with van der Waals surface area (Å²) >= 11 is 11.1. The Labute approximate surface area is 89.5 Å². The minimum Gasteiger partial charge on any atom is -0.463 e. The van der Waals surface area contributed by atoms with Gasteiger partial charge in [-0.2, -0.15) is 0 Å². The molecule has 0 heterocycles. The van der Waals surface area contributed by atoms with Gasteiger partial charge in [0.05, 0.1) is 5.38 Å². The Balaban J connectivity index is 3.29. The molecule has 0 aromatic heterocycles. The number of rotatable bonds is 7. The fourth-order valence-electron chi connectivity index (χ4n) is 0.921. The van der Waals surface area contributed by atoms with Gasteiger partial charge in [-0.25, -0.2) is 0 Å². The van der Waals surface area contributed by atoms with Gasteiger partial charge >= 0.3 is 5.97 Å². The van der Waals surface area contributed by atoms with Gasteiger partial charge in [0.15, 0.2) is 0 Å². The first kappa shape index (κ1) is 13.1. The van der Waals surface area contributed by atoms with Crippen LogP contribution in [0.15, 0.2) is 0 Å². The number of carbonyl (C=O) groups is 1. The van der Waals surface area contributed by atoms with E-state index in [1.807, 2.05) is 0 Å². The molecule has 0 saturated heterocycles. The first-order chi connectivity index (χ1) is 6.20. The third kappa shape index (κ3) is 8.38. The molecular weight excluding hydrogens is 211 g/mol. The molecule has 0 aliphatic rings. The van der Waals surface area contributed by atoms with Gasteiger partial charge in [0.2, 0.25) is 0 Å². The summed E-state index contributed by atoms with van der Waals surface area (Å²) in [6.45, 7) is 2.41. The standard InChI is InChI=1S/C9H16Cl2O2/c1-2-3-4-5-8(11)7-13-9(12)6-10/h8H,2-7H2,1H3. The van der Waals surface area contributed by atoms with Crippen molar-refractivity contribution in [3.63, 3.8) is 0 Å².